The number of nitrogens with two attached hydrogens (primary N) is 1. The Balaban J connectivity index is 1.91. The predicted octanol–water partition coefficient (Wildman–Crippen LogP) is 2.43. The molecule has 8 heteroatoms. The SMILES string of the molecule is COc1ccc(-n2nnc(C(=O)Nc3ccccc3C)c2N)cc1OC. The van der Waals surface area contributed by atoms with Crippen molar-refractivity contribution in [2.24, 2.45) is 0 Å². The second kappa shape index (κ2) is 7.14. The normalized spacial score (nSPS) is 10.4. The Morgan fingerprint density at radius 3 is 2.54 bits per heavy atom. The van der Waals surface area contributed by atoms with Gasteiger partial charge < -0.3 is 20.5 Å². The van der Waals surface area contributed by atoms with Crippen molar-refractivity contribution in [2.75, 3.05) is 25.3 Å². The number of carbonyl (C=O) groups excluding carboxylic acids is 1. The monoisotopic (exact) mass is 353 g/mol. The molecule has 3 aromatic rings. The van der Waals surface area contributed by atoms with E-state index in [0.29, 0.717) is 22.9 Å². The van der Waals surface area contributed by atoms with Crippen LogP contribution in [0.4, 0.5) is 11.5 Å². The van der Waals surface area contributed by atoms with E-state index in [1.807, 2.05) is 31.2 Å². The fraction of sp³-hybridized carbons (Fsp3) is 0.167. The molecular formula is C18H19N5O3. The molecule has 0 aliphatic rings. The molecule has 8 nitrogen and oxygen atoms in total. The van der Waals surface area contributed by atoms with Gasteiger partial charge in [0.25, 0.3) is 5.91 Å². The zero-order valence-corrected chi connectivity index (χ0v) is 14.7. The average Bonchev–Trinajstić information content (AvgIpc) is 3.04. The van der Waals surface area contributed by atoms with Gasteiger partial charge in [0.15, 0.2) is 23.0 Å². The number of para-hydroxylation sites is 1. The summed E-state index contributed by atoms with van der Waals surface area (Å²) in [7, 11) is 3.09. The summed E-state index contributed by atoms with van der Waals surface area (Å²) in [4.78, 5) is 12.5. The van der Waals surface area contributed by atoms with Crippen molar-refractivity contribution in [3.05, 3.63) is 53.7 Å². The van der Waals surface area contributed by atoms with Gasteiger partial charge in [0.1, 0.15) is 0 Å². The van der Waals surface area contributed by atoms with E-state index in [-0.39, 0.29) is 11.5 Å². The van der Waals surface area contributed by atoms with Crippen LogP contribution in [0.1, 0.15) is 16.1 Å². The first-order valence-corrected chi connectivity index (χ1v) is 7.85. The topological polar surface area (TPSA) is 104 Å². The minimum atomic E-state index is -0.427. The number of anilines is 2. The number of carbonyl (C=O) groups is 1. The van der Waals surface area contributed by atoms with E-state index in [1.165, 1.54) is 11.8 Å². The Bertz CT molecular complexity index is 952. The molecule has 1 heterocycles. The first kappa shape index (κ1) is 17.3. The van der Waals surface area contributed by atoms with Gasteiger partial charge >= 0.3 is 0 Å². The largest absolute Gasteiger partial charge is 0.493 e. The van der Waals surface area contributed by atoms with Crippen LogP contribution in [-0.4, -0.2) is 35.1 Å². The van der Waals surface area contributed by atoms with Crippen molar-refractivity contribution in [3.63, 3.8) is 0 Å². The smallest absolute Gasteiger partial charge is 0.280 e. The van der Waals surface area contributed by atoms with Crippen molar-refractivity contribution in [1.29, 1.82) is 0 Å². The highest BCUT2D eigenvalue weighted by Crippen LogP contribution is 2.30. The molecule has 2 aromatic carbocycles. The molecule has 0 saturated carbocycles. The third kappa shape index (κ3) is 3.16. The summed E-state index contributed by atoms with van der Waals surface area (Å²) in [6, 6.07) is 12.6. The Hall–Kier alpha value is -3.55. The zero-order valence-electron chi connectivity index (χ0n) is 14.7. The fourth-order valence-corrected chi connectivity index (χ4v) is 2.49. The molecule has 0 spiro atoms. The van der Waals surface area contributed by atoms with Gasteiger partial charge in [-0.2, -0.15) is 4.68 Å². The third-order valence-corrected chi connectivity index (χ3v) is 3.93. The molecule has 0 radical (unpaired) electrons. The highest BCUT2D eigenvalue weighted by molar-refractivity contribution is 6.06. The minimum Gasteiger partial charge on any atom is -0.493 e. The molecule has 0 aliphatic carbocycles. The van der Waals surface area contributed by atoms with Gasteiger partial charge in [0.05, 0.1) is 19.9 Å². The second-order valence-corrected chi connectivity index (χ2v) is 5.54. The van der Waals surface area contributed by atoms with Crippen molar-refractivity contribution in [2.45, 2.75) is 6.92 Å². The molecule has 0 fully saturated rings. The van der Waals surface area contributed by atoms with Crippen LogP contribution < -0.4 is 20.5 Å². The fourth-order valence-electron chi connectivity index (χ4n) is 2.49. The maximum atomic E-state index is 12.5. The standard InChI is InChI=1S/C18H19N5O3/c1-11-6-4-5-7-13(11)20-18(24)16-17(19)23(22-21-16)12-8-9-14(25-2)15(10-12)26-3/h4-10H,19H2,1-3H3,(H,20,24). The number of hydrogen-bond acceptors (Lipinski definition) is 6. The molecular weight excluding hydrogens is 334 g/mol. The van der Waals surface area contributed by atoms with Crippen LogP contribution in [0, 0.1) is 6.92 Å². The number of aromatic nitrogens is 3. The van der Waals surface area contributed by atoms with Crippen LogP contribution >= 0.6 is 0 Å². The van der Waals surface area contributed by atoms with E-state index >= 15 is 0 Å². The van der Waals surface area contributed by atoms with E-state index in [0.717, 1.165) is 5.56 Å². The Kier molecular flexibility index (Phi) is 4.74. The molecule has 0 saturated heterocycles. The number of amides is 1. The number of benzene rings is 2. The quantitative estimate of drug-likeness (QED) is 0.730. The van der Waals surface area contributed by atoms with E-state index < -0.39 is 5.91 Å². The van der Waals surface area contributed by atoms with Gasteiger partial charge in [-0.15, -0.1) is 5.10 Å². The Morgan fingerprint density at radius 1 is 1.12 bits per heavy atom. The molecule has 0 bridgehead atoms. The number of nitrogens with zero attached hydrogens (tertiary/aromatic N) is 3. The van der Waals surface area contributed by atoms with Crippen LogP contribution in [0.5, 0.6) is 11.5 Å². The lowest BCUT2D eigenvalue weighted by Crippen LogP contribution is -2.15. The molecule has 0 atom stereocenters. The van der Waals surface area contributed by atoms with E-state index in [4.69, 9.17) is 15.2 Å². The highest BCUT2D eigenvalue weighted by atomic mass is 16.5. The van der Waals surface area contributed by atoms with Crippen LogP contribution in [0.3, 0.4) is 0 Å². The predicted molar refractivity (Wildman–Crippen MR) is 98.0 cm³/mol. The maximum absolute atomic E-state index is 12.5. The molecule has 3 rings (SSSR count). The summed E-state index contributed by atoms with van der Waals surface area (Å²) in [6.45, 7) is 1.90. The van der Waals surface area contributed by atoms with E-state index in [2.05, 4.69) is 15.6 Å². The average molecular weight is 353 g/mol. The van der Waals surface area contributed by atoms with Crippen LogP contribution in [0.25, 0.3) is 5.69 Å². The lowest BCUT2D eigenvalue weighted by atomic mass is 10.2. The van der Waals surface area contributed by atoms with Gasteiger partial charge in [-0.05, 0) is 30.7 Å². The molecule has 1 amide bonds. The van der Waals surface area contributed by atoms with Crippen molar-refractivity contribution in [1.82, 2.24) is 15.0 Å². The summed E-state index contributed by atoms with van der Waals surface area (Å²) >= 11 is 0. The van der Waals surface area contributed by atoms with Crippen LogP contribution in [-0.2, 0) is 0 Å². The minimum absolute atomic E-state index is 0.0445. The summed E-state index contributed by atoms with van der Waals surface area (Å²) in [5.41, 5.74) is 8.37. The van der Waals surface area contributed by atoms with E-state index in [9.17, 15) is 4.79 Å². The van der Waals surface area contributed by atoms with E-state index in [1.54, 1.807) is 25.3 Å². The molecule has 0 unspecified atom stereocenters. The second-order valence-electron chi connectivity index (χ2n) is 5.54. The molecule has 134 valence electrons. The number of nitrogens with one attached hydrogen (secondary N) is 1. The van der Waals surface area contributed by atoms with Crippen molar-refractivity contribution in [3.8, 4) is 17.2 Å². The number of methoxy groups -OCH3 is 2. The number of hydrogen-bond donors (Lipinski definition) is 2. The lowest BCUT2D eigenvalue weighted by Gasteiger charge is -2.10. The molecule has 1 aromatic heterocycles. The van der Waals surface area contributed by atoms with Gasteiger partial charge in [-0.25, -0.2) is 0 Å². The number of rotatable bonds is 5. The van der Waals surface area contributed by atoms with Gasteiger partial charge in [-0.3, -0.25) is 4.79 Å². The van der Waals surface area contributed by atoms with Gasteiger partial charge in [0.2, 0.25) is 0 Å². The van der Waals surface area contributed by atoms with Crippen molar-refractivity contribution >= 4 is 17.4 Å². The van der Waals surface area contributed by atoms with Crippen LogP contribution in [0.2, 0.25) is 0 Å². The summed E-state index contributed by atoms with van der Waals surface area (Å²) in [6.07, 6.45) is 0. The van der Waals surface area contributed by atoms with Crippen LogP contribution in [0.15, 0.2) is 42.5 Å². The molecule has 0 aliphatic heterocycles. The first-order valence-electron chi connectivity index (χ1n) is 7.85. The number of nitrogen functional groups attached to an aromatic ring is 1. The Morgan fingerprint density at radius 2 is 1.85 bits per heavy atom. The first-order chi connectivity index (χ1) is 12.5. The van der Waals surface area contributed by atoms with Crippen molar-refractivity contribution < 1.29 is 14.3 Å². The molecule has 26 heavy (non-hydrogen) atoms. The summed E-state index contributed by atoms with van der Waals surface area (Å²) < 4.78 is 11.9. The molecule has 3 N–H and O–H groups in total. The van der Waals surface area contributed by atoms with Gasteiger partial charge in [0, 0.05) is 11.8 Å². The third-order valence-electron chi connectivity index (χ3n) is 3.93. The lowest BCUT2D eigenvalue weighted by molar-refractivity contribution is 0.102. The summed E-state index contributed by atoms with van der Waals surface area (Å²) in [5.74, 6) is 0.796. The Labute approximate surface area is 150 Å². The maximum Gasteiger partial charge on any atom is 0.280 e. The number of ether oxygens (including phenoxy) is 2. The highest BCUT2D eigenvalue weighted by Gasteiger charge is 2.19. The summed E-state index contributed by atoms with van der Waals surface area (Å²) in [5, 5.41) is 10.7. The zero-order chi connectivity index (χ0) is 18.7. The van der Waals surface area contributed by atoms with Gasteiger partial charge in [-0.1, -0.05) is 23.4 Å². The number of aryl methyl sites for hydroxylation is 1.